The van der Waals surface area contributed by atoms with Crippen LogP contribution in [-0.4, -0.2) is 4.98 Å². The minimum Gasteiger partial charge on any atom is -0.256 e. The summed E-state index contributed by atoms with van der Waals surface area (Å²) in [5, 5.41) is 0. The van der Waals surface area contributed by atoms with Crippen LogP contribution >= 0.6 is 0 Å². The molecule has 0 amide bonds. The molecule has 1 nitrogen and oxygen atoms in total. The minimum atomic E-state index is -2.38. The van der Waals surface area contributed by atoms with Gasteiger partial charge in [0.25, 0.3) is 0 Å². The number of aryl methyl sites for hydroxylation is 2. The average Bonchev–Trinajstić information content (AvgIpc) is 2.36. The monoisotopic (exact) mass is 207 g/mol. The lowest BCUT2D eigenvalue weighted by atomic mass is 10.1. The van der Waals surface area contributed by atoms with Gasteiger partial charge in [-0.05, 0) is 43.0 Å². The molecule has 0 atom stereocenters. The van der Waals surface area contributed by atoms with Crippen molar-refractivity contribution in [2.45, 2.75) is 13.7 Å². The van der Waals surface area contributed by atoms with Crippen molar-refractivity contribution in [2.75, 3.05) is 0 Å². The van der Waals surface area contributed by atoms with Crippen LogP contribution in [0, 0.1) is 19.5 Å². The Morgan fingerprint density at radius 3 is 2.53 bits per heavy atom. The highest BCUT2D eigenvalue weighted by atomic mass is 19.1. The quantitative estimate of drug-likeness (QED) is 0.697. The van der Waals surface area contributed by atoms with Gasteiger partial charge in [-0.3, -0.25) is 4.98 Å². The fourth-order valence-corrected chi connectivity index (χ4v) is 1.28. The summed E-state index contributed by atoms with van der Waals surface area (Å²) >= 11 is 0. The van der Waals surface area contributed by atoms with E-state index in [0.29, 0.717) is 0 Å². The number of nitrogens with zero attached hydrogens (tertiary/aromatic N) is 1. The molecule has 0 saturated heterocycles. The van der Waals surface area contributed by atoms with E-state index in [1.54, 1.807) is 0 Å². The van der Waals surface area contributed by atoms with Crippen molar-refractivity contribution in [3.63, 3.8) is 0 Å². The van der Waals surface area contributed by atoms with Crippen molar-refractivity contribution in [3.8, 4) is 11.3 Å². The molecule has 0 bridgehead atoms. The fourth-order valence-electron chi connectivity index (χ4n) is 1.28. The smallest absolute Gasteiger partial charge is 0.132 e. The molecule has 1 aromatic heterocycles. The molecule has 1 heterocycles. The molecular formula is C13H12FN. The van der Waals surface area contributed by atoms with E-state index in [4.69, 9.17) is 8.22 Å². The van der Waals surface area contributed by atoms with E-state index in [-0.39, 0.29) is 22.4 Å². The zero-order valence-electron chi connectivity index (χ0n) is 13.8. The van der Waals surface area contributed by atoms with E-state index in [1.165, 1.54) is 30.5 Å². The largest absolute Gasteiger partial charge is 0.256 e. The van der Waals surface area contributed by atoms with Gasteiger partial charge in [-0.1, -0.05) is 12.1 Å². The van der Waals surface area contributed by atoms with E-state index in [9.17, 15) is 4.39 Å². The molecule has 0 aliphatic rings. The van der Waals surface area contributed by atoms with Crippen LogP contribution in [-0.2, 0) is 0 Å². The molecule has 0 unspecified atom stereocenters. The Labute approximate surface area is 97.0 Å². The summed E-state index contributed by atoms with van der Waals surface area (Å²) in [6, 6.07) is 6.34. The Bertz CT molecular complexity index is 645. The molecular weight excluding hydrogens is 189 g/mol. The van der Waals surface area contributed by atoms with Crippen molar-refractivity contribution in [1.82, 2.24) is 4.98 Å². The van der Waals surface area contributed by atoms with Crippen LogP contribution in [0.5, 0.6) is 0 Å². The Morgan fingerprint density at radius 1 is 1.13 bits per heavy atom. The Hall–Kier alpha value is -1.70. The van der Waals surface area contributed by atoms with Crippen LogP contribution in [0.3, 0.4) is 0 Å². The van der Waals surface area contributed by atoms with Gasteiger partial charge in [0.15, 0.2) is 0 Å². The van der Waals surface area contributed by atoms with E-state index in [0.717, 1.165) is 6.07 Å². The van der Waals surface area contributed by atoms with Crippen molar-refractivity contribution in [2.24, 2.45) is 0 Å². The predicted octanol–water partition coefficient (Wildman–Crippen LogP) is 3.50. The number of benzene rings is 1. The van der Waals surface area contributed by atoms with Crippen molar-refractivity contribution in [3.05, 3.63) is 53.5 Å². The number of halogens is 1. The molecule has 0 spiro atoms. The van der Waals surface area contributed by atoms with Gasteiger partial charge in [0, 0.05) is 20.0 Å². The Kier molecular flexibility index (Phi) is 1.24. The fraction of sp³-hybridized carbons (Fsp3) is 0.154. The molecule has 1 aromatic carbocycles. The number of pyridine rings is 1. The number of aromatic nitrogens is 1. The third-order valence-electron chi connectivity index (χ3n) is 2.01. The van der Waals surface area contributed by atoms with Crippen LogP contribution < -0.4 is 0 Å². The van der Waals surface area contributed by atoms with Gasteiger partial charge < -0.3 is 0 Å². The number of hydrogen-bond acceptors (Lipinski definition) is 1. The molecule has 0 fully saturated rings. The topological polar surface area (TPSA) is 12.9 Å². The van der Waals surface area contributed by atoms with E-state index in [2.05, 4.69) is 4.98 Å². The molecule has 2 aromatic rings. The summed E-state index contributed by atoms with van der Waals surface area (Å²) in [5.41, 5.74) is 0.339. The van der Waals surface area contributed by atoms with E-state index < -0.39 is 19.5 Å². The van der Waals surface area contributed by atoms with Gasteiger partial charge in [0.1, 0.15) is 5.82 Å². The lowest BCUT2D eigenvalue weighted by molar-refractivity contribution is 0.629. The van der Waals surface area contributed by atoms with Gasteiger partial charge in [-0.15, -0.1) is 0 Å². The summed E-state index contributed by atoms with van der Waals surface area (Å²) in [4.78, 5) is 3.93. The zero-order chi connectivity index (χ0) is 15.8. The van der Waals surface area contributed by atoms with Gasteiger partial charge in [-0.2, -0.15) is 0 Å². The van der Waals surface area contributed by atoms with Gasteiger partial charge in [-0.25, -0.2) is 4.39 Å². The Balaban J connectivity index is 2.39. The second-order valence-electron chi connectivity index (χ2n) is 3.13. The first-order valence-corrected chi connectivity index (χ1v) is 4.36. The molecule has 0 saturated carbocycles. The van der Waals surface area contributed by atoms with Crippen molar-refractivity contribution < 1.29 is 12.6 Å². The first kappa shape index (κ1) is 4.88. The third-order valence-corrected chi connectivity index (χ3v) is 2.01. The molecule has 2 rings (SSSR count). The van der Waals surface area contributed by atoms with Gasteiger partial charge >= 0.3 is 0 Å². The first-order valence-electron chi connectivity index (χ1n) is 7.36. The molecule has 2 heteroatoms. The lowest BCUT2D eigenvalue weighted by Crippen LogP contribution is -1.89. The SMILES string of the molecule is [2H]C([2H])([2H])c1ccc(-c2ccc(C([2H])([2H])[2H])cc2F)nc1. The summed E-state index contributed by atoms with van der Waals surface area (Å²) < 4.78 is 57.4. The molecule has 0 aliphatic carbocycles. The normalized spacial score (nSPS) is 17.9. The average molecular weight is 207 g/mol. The van der Waals surface area contributed by atoms with Crippen LogP contribution in [0.4, 0.5) is 4.39 Å². The van der Waals surface area contributed by atoms with E-state index >= 15 is 0 Å². The second-order valence-corrected chi connectivity index (χ2v) is 3.13. The number of hydrogen-bond donors (Lipinski definition) is 0. The molecule has 15 heavy (non-hydrogen) atoms. The van der Waals surface area contributed by atoms with Crippen molar-refractivity contribution in [1.29, 1.82) is 0 Å². The second kappa shape index (κ2) is 3.81. The predicted molar refractivity (Wildman–Crippen MR) is 59.1 cm³/mol. The summed E-state index contributed by atoms with van der Waals surface area (Å²) in [5.74, 6) is -0.710. The highest BCUT2D eigenvalue weighted by Gasteiger charge is 2.05. The standard InChI is InChI=1S/C13H12FN/c1-9-3-5-11(12(14)7-9)13-6-4-10(2)8-15-13/h3-8H,1-2H3/i1D3,2D3. The number of rotatable bonds is 1. The van der Waals surface area contributed by atoms with Gasteiger partial charge in [0.2, 0.25) is 0 Å². The zero-order valence-corrected chi connectivity index (χ0v) is 7.79. The lowest BCUT2D eigenvalue weighted by Gasteiger charge is -2.03. The highest BCUT2D eigenvalue weighted by Crippen LogP contribution is 2.21. The van der Waals surface area contributed by atoms with Crippen LogP contribution in [0.1, 0.15) is 19.4 Å². The molecule has 0 N–H and O–H groups in total. The van der Waals surface area contributed by atoms with Crippen LogP contribution in [0.15, 0.2) is 36.5 Å². The van der Waals surface area contributed by atoms with Gasteiger partial charge in [0.05, 0.1) is 5.69 Å². The maximum atomic E-state index is 14.0. The maximum Gasteiger partial charge on any atom is 0.132 e. The molecule has 0 radical (unpaired) electrons. The molecule has 76 valence electrons. The van der Waals surface area contributed by atoms with Crippen LogP contribution in [0.25, 0.3) is 11.3 Å². The maximum absolute atomic E-state index is 14.0. The summed E-state index contributed by atoms with van der Waals surface area (Å²) in [6.07, 6.45) is 1.17. The minimum absolute atomic E-state index is 0.0609. The molecule has 0 aliphatic heterocycles. The summed E-state index contributed by atoms with van der Waals surface area (Å²) in [7, 11) is 0. The highest BCUT2D eigenvalue weighted by molar-refractivity contribution is 5.60. The first-order chi connectivity index (χ1) is 9.59. The third kappa shape index (κ3) is 2.04. The van der Waals surface area contributed by atoms with Crippen LogP contribution in [0.2, 0.25) is 0 Å². The van der Waals surface area contributed by atoms with Crippen molar-refractivity contribution >= 4 is 0 Å². The van der Waals surface area contributed by atoms with E-state index in [1.807, 2.05) is 0 Å². The summed E-state index contributed by atoms with van der Waals surface area (Å²) in [6.45, 7) is -4.65. The Morgan fingerprint density at radius 2 is 1.93 bits per heavy atom.